The Bertz CT molecular complexity index is 716. The fourth-order valence-electron chi connectivity index (χ4n) is 3.20. The van der Waals surface area contributed by atoms with Gasteiger partial charge in [-0.05, 0) is 23.8 Å². The first-order valence-corrected chi connectivity index (χ1v) is 8.28. The van der Waals surface area contributed by atoms with E-state index in [-0.39, 0.29) is 5.91 Å². The van der Waals surface area contributed by atoms with E-state index in [9.17, 15) is 4.79 Å². The van der Waals surface area contributed by atoms with Gasteiger partial charge in [-0.1, -0.05) is 30.3 Å². The minimum Gasteiger partial charge on any atom is -0.480 e. The summed E-state index contributed by atoms with van der Waals surface area (Å²) in [7, 11) is 0. The number of rotatable bonds is 3. The molecule has 2 aliphatic heterocycles. The van der Waals surface area contributed by atoms with Crippen molar-refractivity contribution in [3.8, 4) is 5.75 Å². The Balaban J connectivity index is 1.49. The minimum atomic E-state index is -0.472. The summed E-state index contributed by atoms with van der Waals surface area (Å²) in [5, 5.41) is 3.04. The Morgan fingerprint density at radius 1 is 1.04 bits per heavy atom. The molecule has 1 saturated heterocycles. The van der Waals surface area contributed by atoms with Gasteiger partial charge in [0.2, 0.25) is 0 Å². The number of carbonyl (C=O) groups is 1. The first-order valence-electron chi connectivity index (χ1n) is 8.28. The van der Waals surface area contributed by atoms with E-state index in [1.165, 1.54) is 0 Å². The quantitative estimate of drug-likeness (QED) is 0.942. The van der Waals surface area contributed by atoms with E-state index in [1.807, 2.05) is 48.5 Å². The second-order valence-electron chi connectivity index (χ2n) is 6.02. The summed E-state index contributed by atoms with van der Waals surface area (Å²) in [5.74, 6) is 0.700. The van der Waals surface area contributed by atoms with Crippen LogP contribution in [0.25, 0.3) is 0 Å². The van der Waals surface area contributed by atoms with Crippen LogP contribution < -0.4 is 15.0 Å². The zero-order valence-electron chi connectivity index (χ0n) is 13.4. The van der Waals surface area contributed by atoms with Gasteiger partial charge in [-0.15, -0.1) is 0 Å². The molecule has 0 radical (unpaired) electrons. The molecule has 1 unspecified atom stereocenters. The molecule has 5 nitrogen and oxygen atoms in total. The van der Waals surface area contributed by atoms with Crippen LogP contribution in [-0.2, 0) is 16.0 Å². The molecule has 2 heterocycles. The summed E-state index contributed by atoms with van der Waals surface area (Å²) < 4.78 is 11.2. The lowest BCUT2D eigenvalue weighted by Gasteiger charge is -2.30. The number of nitrogens with one attached hydrogen (secondary N) is 1. The highest BCUT2D eigenvalue weighted by Gasteiger charge is 2.29. The van der Waals surface area contributed by atoms with Crippen molar-refractivity contribution in [2.75, 3.05) is 36.5 Å². The Labute approximate surface area is 141 Å². The number of nitrogens with zero attached hydrogens (tertiary/aromatic N) is 1. The van der Waals surface area contributed by atoms with Crippen molar-refractivity contribution in [1.82, 2.24) is 0 Å². The van der Waals surface area contributed by atoms with Crippen LogP contribution in [0.2, 0.25) is 0 Å². The lowest BCUT2D eigenvalue weighted by molar-refractivity contribution is -0.122. The fraction of sp³-hybridized carbons (Fsp3) is 0.316. The predicted molar refractivity (Wildman–Crippen MR) is 92.7 cm³/mol. The lowest BCUT2D eigenvalue weighted by Crippen LogP contribution is -2.37. The van der Waals surface area contributed by atoms with Crippen molar-refractivity contribution in [1.29, 1.82) is 0 Å². The third-order valence-electron chi connectivity index (χ3n) is 4.45. The highest BCUT2D eigenvalue weighted by atomic mass is 16.5. The summed E-state index contributed by atoms with van der Waals surface area (Å²) in [4.78, 5) is 14.9. The number of amides is 1. The van der Waals surface area contributed by atoms with E-state index in [2.05, 4.69) is 10.2 Å². The van der Waals surface area contributed by atoms with Crippen molar-refractivity contribution in [3.05, 3.63) is 54.1 Å². The van der Waals surface area contributed by atoms with E-state index < -0.39 is 6.10 Å². The molecule has 5 heteroatoms. The first-order chi connectivity index (χ1) is 11.8. The van der Waals surface area contributed by atoms with Gasteiger partial charge in [0.05, 0.1) is 24.6 Å². The summed E-state index contributed by atoms with van der Waals surface area (Å²) in [6, 6.07) is 15.7. The summed E-state index contributed by atoms with van der Waals surface area (Å²) in [5.41, 5.74) is 2.94. The van der Waals surface area contributed by atoms with Gasteiger partial charge in [0.15, 0.2) is 6.10 Å². The third-order valence-corrected chi connectivity index (χ3v) is 4.45. The molecular weight excluding hydrogens is 304 g/mol. The van der Waals surface area contributed by atoms with Gasteiger partial charge in [0, 0.05) is 19.5 Å². The molecule has 0 aromatic heterocycles. The van der Waals surface area contributed by atoms with Crippen LogP contribution in [0.3, 0.4) is 0 Å². The fourth-order valence-corrected chi connectivity index (χ4v) is 3.20. The average Bonchev–Trinajstić information content (AvgIpc) is 3.07. The molecule has 1 fully saturated rings. The first kappa shape index (κ1) is 15.0. The molecule has 124 valence electrons. The van der Waals surface area contributed by atoms with E-state index in [0.29, 0.717) is 19.6 Å². The second-order valence-corrected chi connectivity index (χ2v) is 6.02. The van der Waals surface area contributed by atoms with Gasteiger partial charge in [-0.25, -0.2) is 0 Å². The van der Waals surface area contributed by atoms with E-state index in [0.717, 1.165) is 35.8 Å². The van der Waals surface area contributed by atoms with Crippen molar-refractivity contribution in [2.24, 2.45) is 0 Å². The average molecular weight is 324 g/mol. The van der Waals surface area contributed by atoms with Crippen LogP contribution in [0.1, 0.15) is 5.56 Å². The van der Waals surface area contributed by atoms with E-state index in [1.54, 1.807) is 0 Å². The number of hydrogen-bond donors (Lipinski definition) is 1. The molecule has 2 aromatic rings. The number of fused-ring (bicyclic) bond motifs is 1. The van der Waals surface area contributed by atoms with Crippen LogP contribution in [0, 0.1) is 0 Å². The lowest BCUT2D eigenvalue weighted by atomic mass is 10.1. The molecule has 4 rings (SSSR count). The van der Waals surface area contributed by atoms with Gasteiger partial charge in [0.1, 0.15) is 5.75 Å². The van der Waals surface area contributed by atoms with Gasteiger partial charge >= 0.3 is 0 Å². The molecule has 0 bridgehead atoms. The van der Waals surface area contributed by atoms with Crippen LogP contribution in [0.4, 0.5) is 11.4 Å². The molecule has 0 spiro atoms. The third kappa shape index (κ3) is 2.95. The summed E-state index contributed by atoms with van der Waals surface area (Å²) in [6.45, 7) is 3.09. The highest BCUT2D eigenvalue weighted by Crippen LogP contribution is 2.30. The van der Waals surface area contributed by atoms with E-state index in [4.69, 9.17) is 9.47 Å². The van der Waals surface area contributed by atoms with Gasteiger partial charge in [-0.2, -0.15) is 0 Å². The number of morpholine rings is 1. The monoisotopic (exact) mass is 324 g/mol. The zero-order chi connectivity index (χ0) is 16.4. The SMILES string of the molecule is O=C(Nc1ccccc1N1CCOCC1)C1Cc2ccccc2O1. The number of anilines is 2. The number of ether oxygens (including phenoxy) is 2. The Morgan fingerprint density at radius 2 is 1.79 bits per heavy atom. The van der Waals surface area contributed by atoms with Crippen LogP contribution in [0.5, 0.6) is 5.75 Å². The molecule has 0 aliphatic carbocycles. The molecule has 2 aliphatic rings. The van der Waals surface area contributed by atoms with Crippen molar-refractivity contribution in [3.63, 3.8) is 0 Å². The Kier molecular flexibility index (Phi) is 4.09. The molecule has 1 atom stereocenters. The maximum atomic E-state index is 12.6. The maximum absolute atomic E-state index is 12.6. The molecule has 0 saturated carbocycles. The molecule has 1 amide bonds. The number of benzene rings is 2. The normalized spacial score (nSPS) is 19.5. The Morgan fingerprint density at radius 3 is 2.62 bits per heavy atom. The standard InChI is InChI=1S/C19H20N2O3/c22-19(18-13-14-5-1-4-8-17(14)24-18)20-15-6-2-3-7-16(15)21-9-11-23-12-10-21/h1-8,18H,9-13H2,(H,20,22). The minimum absolute atomic E-state index is 0.105. The number of hydrogen-bond acceptors (Lipinski definition) is 4. The molecular formula is C19H20N2O3. The van der Waals surface area contributed by atoms with Crippen LogP contribution in [-0.4, -0.2) is 38.3 Å². The smallest absolute Gasteiger partial charge is 0.265 e. The predicted octanol–water partition coefficient (Wildman–Crippen LogP) is 2.47. The molecule has 2 aromatic carbocycles. The number of para-hydroxylation sites is 3. The zero-order valence-corrected chi connectivity index (χ0v) is 13.4. The molecule has 24 heavy (non-hydrogen) atoms. The topological polar surface area (TPSA) is 50.8 Å². The van der Waals surface area contributed by atoms with Gasteiger partial charge in [-0.3, -0.25) is 4.79 Å². The van der Waals surface area contributed by atoms with Gasteiger partial charge in [0.25, 0.3) is 5.91 Å². The van der Waals surface area contributed by atoms with Crippen molar-refractivity contribution in [2.45, 2.75) is 12.5 Å². The van der Waals surface area contributed by atoms with Crippen LogP contribution in [0.15, 0.2) is 48.5 Å². The van der Waals surface area contributed by atoms with Crippen LogP contribution >= 0.6 is 0 Å². The van der Waals surface area contributed by atoms with Crippen molar-refractivity contribution >= 4 is 17.3 Å². The summed E-state index contributed by atoms with van der Waals surface area (Å²) >= 11 is 0. The highest BCUT2D eigenvalue weighted by molar-refractivity contribution is 5.98. The maximum Gasteiger partial charge on any atom is 0.265 e. The van der Waals surface area contributed by atoms with Gasteiger partial charge < -0.3 is 19.7 Å². The summed E-state index contributed by atoms with van der Waals surface area (Å²) in [6.07, 6.45) is 0.141. The largest absolute Gasteiger partial charge is 0.480 e. The number of carbonyl (C=O) groups excluding carboxylic acids is 1. The second kappa shape index (κ2) is 6.53. The Hall–Kier alpha value is -2.53. The molecule has 1 N–H and O–H groups in total. The van der Waals surface area contributed by atoms with Crippen molar-refractivity contribution < 1.29 is 14.3 Å². The van der Waals surface area contributed by atoms with E-state index >= 15 is 0 Å².